The van der Waals surface area contributed by atoms with E-state index in [-0.39, 0.29) is 0 Å². The van der Waals surface area contributed by atoms with Gasteiger partial charge < -0.3 is 0 Å². The first-order valence-corrected chi connectivity index (χ1v) is 4.99. The van der Waals surface area contributed by atoms with E-state index in [1.165, 1.54) is 0 Å². The van der Waals surface area contributed by atoms with Crippen molar-refractivity contribution in [1.82, 2.24) is 4.98 Å². The Labute approximate surface area is 78.5 Å². The zero-order valence-electron chi connectivity index (χ0n) is 6.47. The molecule has 0 aliphatic heterocycles. The van der Waals surface area contributed by atoms with Gasteiger partial charge in [0.15, 0.2) is 0 Å². The second-order valence-corrected chi connectivity index (χ2v) is 4.54. The average Bonchev–Trinajstić information content (AvgIpc) is 2.35. The molecule has 1 heterocycles. The van der Waals surface area contributed by atoms with Crippen LogP contribution in [0.25, 0.3) is 0 Å². The molecule has 11 heavy (non-hydrogen) atoms. The highest BCUT2D eigenvalue weighted by atomic mass is 79.9. The summed E-state index contributed by atoms with van der Waals surface area (Å²) in [7, 11) is 0. The zero-order valence-corrected chi connectivity index (χ0v) is 8.87. The van der Waals surface area contributed by atoms with Gasteiger partial charge in [0.1, 0.15) is 0 Å². The number of halogens is 1. The van der Waals surface area contributed by atoms with Crippen molar-refractivity contribution in [2.45, 2.75) is 20.3 Å². The Kier molecular flexibility index (Phi) is 3.20. The molecule has 0 saturated heterocycles. The van der Waals surface area contributed by atoms with Gasteiger partial charge in [-0.3, -0.25) is 0 Å². The highest BCUT2D eigenvalue weighted by molar-refractivity contribution is 9.11. The lowest BCUT2D eigenvalue weighted by Crippen LogP contribution is -1.83. The van der Waals surface area contributed by atoms with E-state index in [9.17, 15) is 0 Å². The first-order chi connectivity index (χ1) is 5.22. The van der Waals surface area contributed by atoms with Crippen molar-refractivity contribution in [3.8, 4) is 0 Å². The van der Waals surface area contributed by atoms with E-state index in [1.54, 1.807) is 17.5 Å². The van der Waals surface area contributed by atoms with Crippen molar-refractivity contribution in [3.63, 3.8) is 0 Å². The summed E-state index contributed by atoms with van der Waals surface area (Å²) in [5, 5.41) is 0.830. The van der Waals surface area contributed by atoms with Crippen LogP contribution in [0.3, 0.4) is 0 Å². The minimum absolute atomic E-state index is 0.830. The predicted octanol–water partition coefficient (Wildman–Crippen LogP) is 3.41. The van der Waals surface area contributed by atoms with Gasteiger partial charge in [0.2, 0.25) is 5.13 Å². The minimum Gasteiger partial charge on any atom is -0.229 e. The van der Waals surface area contributed by atoms with Crippen LogP contribution < -0.4 is 0 Å². The molecule has 0 radical (unpaired) electrons. The first kappa shape index (κ1) is 8.87. The Hall–Kier alpha value is -0.220. The Morgan fingerprint density at radius 3 is 3.00 bits per heavy atom. The second-order valence-electron chi connectivity index (χ2n) is 2.15. The molecule has 0 fully saturated rings. The number of hydrogen-bond donors (Lipinski definition) is 0. The van der Waals surface area contributed by atoms with Crippen molar-refractivity contribution in [3.05, 3.63) is 9.98 Å². The minimum atomic E-state index is 0.830. The van der Waals surface area contributed by atoms with Gasteiger partial charge in [0, 0.05) is 5.71 Å². The Morgan fingerprint density at radius 2 is 2.55 bits per heavy atom. The molecule has 0 saturated carbocycles. The maximum Gasteiger partial charge on any atom is 0.210 e. The van der Waals surface area contributed by atoms with Crippen LogP contribution in [0.5, 0.6) is 0 Å². The molecule has 0 atom stereocenters. The molecule has 1 aromatic rings. The Balaban J connectivity index is 2.78. The van der Waals surface area contributed by atoms with Crippen LogP contribution in [-0.4, -0.2) is 10.7 Å². The summed E-state index contributed by atoms with van der Waals surface area (Å²) < 4.78 is 1.03. The summed E-state index contributed by atoms with van der Waals surface area (Å²) in [6.45, 7) is 4.09. The monoisotopic (exact) mass is 232 g/mol. The Morgan fingerprint density at radius 1 is 1.82 bits per heavy atom. The molecule has 0 amide bonds. The van der Waals surface area contributed by atoms with E-state index >= 15 is 0 Å². The van der Waals surface area contributed by atoms with Crippen LogP contribution in [0.4, 0.5) is 5.13 Å². The van der Waals surface area contributed by atoms with E-state index in [0.29, 0.717) is 0 Å². The number of hydrogen-bond acceptors (Lipinski definition) is 3. The van der Waals surface area contributed by atoms with Crippen LogP contribution in [0.15, 0.2) is 15.0 Å². The summed E-state index contributed by atoms with van der Waals surface area (Å²) in [5.41, 5.74) is 1.12. The van der Waals surface area contributed by atoms with Crippen molar-refractivity contribution in [2.75, 3.05) is 0 Å². The van der Waals surface area contributed by atoms with Gasteiger partial charge in [-0.25, -0.2) is 9.98 Å². The number of thiazole rings is 1. The lowest BCUT2D eigenvalue weighted by atomic mass is 10.3. The number of aliphatic imine (C=N–C) groups is 1. The third kappa shape index (κ3) is 2.71. The molecule has 60 valence electrons. The number of nitrogens with zero attached hydrogens (tertiary/aromatic N) is 2. The molecular weight excluding hydrogens is 224 g/mol. The van der Waals surface area contributed by atoms with Crippen LogP contribution in [0.1, 0.15) is 20.3 Å². The summed E-state index contributed by atoms with van der Waals surface area (Å²) in [6.07, 6.45) is 2.75. The molecule has 0 aromatic carbocycles. The van der Waals surface area contributed by atoms with Gasteiger partial charge in [-0.2, -0.15) is 0 Å². The molecule has 0 N–H and O–H groups in total. The van der Waals surface area contributed by atoms with Gasteiger partial charge in [-0.15, -0.1) is 0 Å². The Bertz CT molecular complexity index is 267. The molecule has 2 nitrogen and oxygen atoms in total. The first-order valence-electron chi connectivity index (χ1n) is 3.38. The van der Waals surface area contributed by atoms with E-state index in [4.69, 9.17) is 0 Å². The summed E-state index contributed by atoms with van der Waals surface area (Å²) in [6, 6.07) is 0. The standard InChI is InChI=1S/C7H9BrN2S/c1-3-5(2)10-7-9-4-6(8)11-7/h4H,3H2,1-2H3. The van der Waals surface area contributed by atoms with Gasteiger partial charge >= 0.3 is 0 Å². The third-order valence-corrected chi connectivity index (χ3v) is 2.63. The SMILES string of the molecule is CCC(C)=Nc1ncc(Br)s1. The molecule has 0 aliphatic rings. The fraction of sp³-hybridized carbons (Fsp3) is 0.429. The molecule has 0 spiro atoms. The fourth-order valence-corrected chi connectivity index (χ4v) is 1.66. The van der Waals surface area contributed by atoms with E-state index in [2.05, 4.69) is 32.8 Å². The number of aromatic nitrogens is 1. The van der Waals surface area contributed by atoms with Crippen molar-refractivity contribution in [2.24, 2.45) is 4.99 Å². The summed E-state index contributed by atoms with van der Waals surface area (Å²) in [5.74, 6) is 0. The van der Waals surface area contributed by atoms with Gasteiger partial charge in [-0.05, 0) is 29.3 Å². The van der Waals surface area contributed by atoms with Crippen molar-refractivity contribution >= 4 is 38.1 Å². The third-order valence-electron chi connectivity index (χ3n) is 1.26. The highest BCUT2D eigenvalue weighted by Crippen LogP contribution is 2.25. The summed E-state index contributed by atoms with van der Waals surface area (Å²) >= 11 is 4.88. The topological polar surface area (TPSA) is 25.2 Å². The average molecular weight is 233 g/mol. The number of rotatable bonds is 2. The zero-order chi connectivity index (χ0) is 8.27. The van der Waals surface area contributed by atoms with Crippen molar-refractivity contribution in [1.29, 1.82) is 0 Å². The highest BCUT2D eigenvalue weighted by Gasteiger charge is 1.96. The predicted molar refractivity (Wildman–Crippen MR) is 52.9 cm³/mol. The maximum absolute atomic E-state index is 4.29. The van der Waals surface area contributed by atoms with Gasteiger partial charge in [0.05, 0.1) is 9.98 Å². The van der Waals surface area contributed by atoms with E-state index in [0.717, 1.165) is 21.1 Å². The molecule has 0 aliphatic carbocycles. The van der Waals surface area contributed by atoms with E-state index in [1.807, 2.05) is 6.92 Å². The fourth-order valence-electron chi connectivity index (χ4n) is 0.540. The van der Waals surface area contributed by atoms with Crippen LogP contribution in [0, 0.1) is 0 Å². The molecule has 4 heteroatoms. The van der Waals surface area contributed by atoms with Gasteiger partial charge in [0.25, 0.3) is 0 Å². The molecule has 0 bridgehead atoms. The quantitative estimate of drug-likeness (QED) is 0.718. The molecule has 1 rings (SSSR count). The molecule has 1 aromatic heterocycles. The lowest BCUT2D eigenvalue weighted by molar-refractivity contribution is 1.24. The molecule has 0 unspecified atom stereocenters. The van der Waals surface area contributed by atoms with Crippen molar-refractivity contribution < 1.29 is 0 Å². The van der Waals surface area contributed by atoms with E-state index < -0.39 is 0 Å². The van der Waals surface area contributed by atoms with Crippen LogP contribution >= 0.6 is 27.3 Å². The largest absolute Gasteiger partial charge is 0.229 e. The van der Waals surface area contributed by atoms with Crippen LogP contribution in [-0.2, 0) is 0 Å². The van der Waals surface area contributed by atoms with Gasteiger partial charge in [-0.1, -0.05) is 18.3 Å². The van der Waals surface area contributed by atoms with Crippen LogP contribution in [0.2, 0.25) is 0 Å². The normalized spacial score (nSPS) is 12.1. The maximum atomic E-state index is 4.29. The summed E-state index contributed by atoms with van der Waals surface area (Å²) in [4.78, 5) is 8.38. The second kappa shape index (κ2) is 3.97. The molecular formula is C7H9BrN2S. The lowest BCUT2D eigenvalue weighted by Gasteiger charge is -1.89. The smallest absolute Gasteiger partial charge is 0.210 e.